The first-order valence-electron chi connectivity index (χ1n) is 12.4. The molecule has 2 atom stereocenters. The van der Waals surface area contributed by atoms with Gasteiger partial charge in [0, 0.05) is 12.1 Å². The van der Waals surface area contributed by atoms with Crippen molar-refractivity contribution >= 4 is 5.97 Å². The fourth-order valence-corrected chi connectivity index (χ4v) is 4.08. The minimum absolute atomic E-state index is 0.187. The van der Waals surface area contributed by atoms with Crippen LogP contribution >= 0.6 is 0 Å². The SMILES string of the molecule is CCC/C=C/CCCC(CCC)N(CC(=O)O)C(CCC)CCC/C=C/CCC. The molecule has 3 nitrogen and oxygen atoms in total. The summed E-state index contributed by atoms with van der Waals surface area (Å²) in [6, 6.07) is 0.783. The van der Waals surface area contributed by atoms with Crippen LogP contribution in [0.1, 0.15) is 118 Å². The fraction of sp³-hybridized carbons (Fsp3) is 0.808. The van der Waals surface area contributed by atoms with Crippen molar-refractivity contribution in [1.82, 2.24) is 4.90 Å². The van der Waals surface area contributed by atoms with Crippen molar-refractivity contribution in [2.24, 2.45) is 0 Å². The Morgan fingerprint density at radius 2 is 1.10 bits per heavy atom. The molecule has 0 radical (unpaired) electrons. The molecule has 0 amide bonds. The minimum Gasteiger partial charge on any atom is -0.480 e. The Bertz CT molecular complexity index is 398. The Balaban J connectivity index is 4.96. The summed E-state index contributed by atoms with van der Waals surface area (Å²) in [6.45, 7) is 9.05. The van der Waals surface area contributed by atoms with Crippen molar-refractivity contribution in [3.05, 3.63) is 24.3 Å². The predicted octanol–water partition coefficient (Wildman–Crippen LogP) is 7.76. The second-order valence-electron chi connectivity index (χ2n) is 8.33. The zero-order valence-corrected chi connectivity index (χ0v) is 19.9. The van der Waals surface area contributed by atoms with Gasteiger partial charge in [-0.05, 0) is 64.2 Å². The second kappa shape index (κ2) is 20.2. The molecule has 2 unspecified atom stereocenters. The zero-order valence-electron chi connectivity index (χ0n) is 19.9. The maximum atomic E-state index is 11.7. The summed E-state index contributed by atoms with van der Waals surface area (Å²) < 4.78 is 0. The third-order valence-corrected chi connectivity index (χ3v) is 5.56. The van der Waals surface area contributed by atoms with Crippen LogP contribution in [0.4, 0.5) is 0 Å². The maximum Gasteiger partial charge on any atom is 0.317 e. The molecule has 0 heterocycles. The number of rotatable bonds is 20. The maximum absolute atomic E-state index is 11.7. The topological polar surface area (TPSA) is 40.5 Å². The van der Waals surface area contributed by atoms with Gasteiger partial charge in [-0.1, -0.05) is 77.7 Å². The van der Waals surface area contributed by atoms with Crippen molar-refractivity contribution in [3.8, 4) is 0 Å². The Morgan fingerprint density at radius 1 is 0.690 bits per heavy atom. The van der Waals surface area contributed by atoms with Crippen LogP contribution in [0, 0.1) is 0 Å². The van der Waals surface area contributed by atoms with Gasteiger partial charge in [0.05, 0.1) is 6.54 Å². The lowest BCUT2D eigenvalue weighted by Crippen LogP contribution is -2.46. The van der Waals surface area contributed by atoms with E-state index in [9.17, 15) is 9.90 Å². The second-order valence-corrected chi connectivity index (χ2v) is 8.33. The van der Waals surface area contributed by atoms with Crippen molar-refractivity contribution < 1.29 is 9.90 Å². The van der Waals surface area contributed by atoms with Gasteiger partial charge in [0.2, 0.25) is 0 Å². The lowest BCUT2D eigenvalue weighted by atomic mass is 9.96. The third kappa shape index (κ3) is 15.4. The van der Waals surface area contributed by atoms with Crippen molar-refractivity contribution in [2.75, 3.05) is 6.54 Å². The summed E-state index contributed by atoms with van der Waals surface area (Å²) in [4.78, 5) is 14.0. The molecule has 0 fully saturated rings. The average molecular weight is 408 g/mol. The molecule has 0 aliphatic heterocycles. The Hall–Kier alpha value is -1.09. The average Bonchev–Trinajstić information content (AvgIpc) is 2.69. The molecule has 0 rings (SSSR count). The van der Waals surface area contributed by atoms with Crippen LogP contribution in [0.2, 0.25) is 0 Å². The predicted molar refractivity (Wildman–Crippen MR) is 128 cm³/mol. The van der Waals surface area contributed by atoms with E-state index < -0.39 is 5.97 Å². The summed E-state index contributed by atoms with van der Waals surface area (Å²) >= 11 is 0. The molecular formula is C26H49NO2. The summed E-state index contributed by atoms with van der Waals surface area (Å²) in [5.74, 6) is -0.683. The quantitative estimate of drug-likeness (QED) is 0.165. The van der Waals surface area contributed by atoms with Gasteiger partial charge in [-0.3, -0.25) is 9.69 Å². The van der Waals surface area contributed by atoms with Crippen LogP contribution in [0.3, 0.4) is 0 Å². The lowest BCUT2D eigenvalue weighted by molar-refractivity contribution is -0.140. The van der Waals surface area contributed by atoms with E-state index >= 15 is 0 Å². The first-order chi connectivity index (χ1) is 14.1. The number of unbranched alkanes of at least 4 members (excludes halogenated alkanes) is 4. The highest BCUT2D eigenvalue weighted by Crippen LogP contribution is 2.23. The molecule has 0 saturated heterocycles. The van der Waals surface area contributed by atoms with Crippen LogP contribution in [0.15, 0.2) is 24.3 Å². The van der Waals surface area contributed by atoms with Crippen molar-refractivity contribution in [3.63, 3.8) is 0 Å². The summed E-state index contributed by atoms with van der Waals surface area (Å²) in [7, 11) is 0. The van der Waals surface area contributed by atoms with E-state index in [2.05, 4.69) is 56.9 Å². The number of aliphatic carboxylic acids is 1. The first kappa shape index (κ1) is 27.9. The Kier molecular flexibility index (Phi) is 19.4. The third-order valence-electron chi connectivity index (χ3n) is 5.56. The van der Waals surface area contributed by atoms with Crippen LogP contribution in [-0.4, -0.2) is 34.6 Å². The van der Waals surface area contributed by atoms with Crippen LogP contribution in [0.25, 0.3) is 0 Å². The van der Waals surface area contributed by atoms with Gasteiger partial charge in [0.1, 0.15) is 0 Å². The van der Waals surface area contributed by atoms with Gasteiger partial charge in [-0.15, -0.1) is 0 Å². The molecular weight excluding hydrogens is 358 g/mol. The van der Waals surface area contributed by atoms with Crippen molar-refractivity contribution in [2.45, 2.75) is 130 Å². The molecule has 0 aromatic heterocycles. The van der Waals surface area contributed by atoms with Gasteiger partial charge < -0.3 is 5.11 Å². The highest BCUT2D eigenvalue weighted by Gasteiger charge is 2.26. The van der Waals surface area contributed by atoms with E-state index in [4.69, 9.17) is 0 Å². The van der Waals surface area contributed by atoms with Gasteiger partial charge in [-0.2, -0.15) is 0 Å². The van der Waals surface area contributed by atoms with Crippen molar-refractivity contribution in [1.29, 1.82) is 0 Å². The Morgan fingerprint density at radius 3 is 1.45 bits per heavy atom. The highest BCUT2D eigenvalue weighted by molar-refractivity contribution is 5.69. The summed E-state index contributed by atoms with van der Waals surface area (Å²) in [6.07, 6.45) is 25.1. The number of carboxylic acids is 1. The molecule has 0 aliphatic carbocycles. The normalized spacial score (nSPS) is 14.2. The molecule has 0 aromatic rings. The molecule has 1 N–H and O–H groups in total. The van der Waals surface area contributed by atoms with Gasteiger partial charge in [0.15, 0.2) is 0 Å². The standard InChI is InChI=1S/C26H49NO2/c1-5-9-11-13-15-17-21-24(19-7-3)27(23-26(28)29)25(20-8-4)22-18-16-14-12-10-6-2/h11-14,24-25H,5-10,15-23H2,1-4H3,(H,28,29)/b13-11+,14-12+. The van der Waals surface area contributed by atoms with E-state index in [0.717, 1.165) is 77.0 Å². The van der Waals surface area contributed by atoms with Crippen LogP contribution < -0.4 is 0 Å². The Labute approximate surface area is 181 Å². The number of hydrogen-bond acceptors (Lipinski definition) is 2. The molecule has 3 heteroatoms. The number of hydrogen-bond donors (Lipinski definition) is 1. The summed E-state index contributed by atoms with van der Waals surface area (Å²) in [5.41, 5.74) is 0. The lowest BCUT2D eigenvalue weighted by Gasteiger charge is -2.37. The number of nitrogens with zero attached hydrogens (tertiary/aromatic N) is 1. The van der Waals surface area contributed by atoms with Gasteiger partial charge in [-0.25, -0.2) is 0 Å². The first-order valence-corrected chi connectivity index (χ1v) is 12.4. The van der Waals surface area contributed by atoms with Crippen LogP contribution in [0.5, 0.6) is 0 Å². The van der Waals surface area contributed by atoms with Crippen LogP contribution in [-0.2, 0) is 4.79 Å². The molecule has 170 valence electrons. The number of carbonyl (C=O) groups is 1. The molecule has 29 heavy (non-hydrogen) atoms. The smallest absolute Gasteiger partial charge is 0.317 e. The fourth-order valence-electron chi connectivity index (χ4n) is 4.08. The summed E-state index contributed by atoms with van der Waals surface area (Å²) in [5, 5.41) is 9.59. The number of carboxylic acid groups (broad SMARTS) is 1. The van der Waals surface area contributed by atoms with E-state index in [0.29, 0.717) is 12.1 Å². The molecule has 0 aliphatic rings. The minimum atomic E-state index is -0.683. The van der Waals surface area contributed by atoms with E-state index in [1.54, 1.807) is 0 Å². The van der Waals surface area contributed by atoms with E-state index in [-0.39, 0.29) is 6.54 Å². The van der Waals surface area contributed by atoms with Gasteiger partial charge in [0.25, 0.3) is 0 Å². The zero-order chi connectivity index (χ0) is 21.7. The molecule has 0 aromatic carbocycles. The monoisotopic (exact) mass is 407 g/mol. The van der Waals surface area contributed by atoms with E-state index in [1.165, 1.54) is 12.8 Å². The molecule has 0 bridgehead atoms. The molecule has 0 spiro atoms. The van der Waals surface area contributed by atoms with Gasteiger partial charge >= 0.3 is 5.97 Å². The number of allylic oxidation sites excluding steroid dienone is 4. The highest BCUT2D eigenvalue weighted by atomic mass is 16.4. The largest absolute Gasteiger partial charge is 0.480 e. The van der Waals surface area contributed by atoms with E-state index in [1.807, 2.05) is 0 Å². The molecule has 0 saturated carbocycles.